The minimum Gasteiger partial charge on any atom is -0.289 e. The molecule has 0 fully saturated rings. The lowest BCUT2D eigenvalue weighted by molar-refractivity contribution is -0.385. The zero-order valence-corrected chi connectivity index (χ0v) is 11.9. The molecule has 0 aromatic heterocycles. The van der Waals surface area contributed by atoms with Crippen molar-refractivity contribution in [3.05, 3.63) is 80.9 Å². The van der Waals surface area contributed by atoms with Crippen LogP contribution in [-0.2, 0) is 0 Å². The fourth-order valence-electron chi connectivity index (χ4n) is 1.91. The van der Waals surface area contributed by atoms with E-state index in [1.165, 1.54) is 12.1 Å². The molecule has 0 bridgehead atoms. The van der Waals surface area contributed by atoms with E-state index in [0.29, 0.717) is 11.1 Å². The van der Waals surface area contributed by atoms with Crippen LogP contribution in [0.15, 0.2) is 48.5 Å². The Kier molecular flexibility index (Phi) is 4.28. The summed E-state index contributed by atoms with van der Waals surface area (Å²) in [6.45, 7) is 3.64. The molecule has 21 heavy (non-hydrogen) atoms. The molecule has 0 aliphatic rings. The number of nitrogens with zero attached hydrogens (tertiary/aromatic N) is 1. The Labute approximate surface area is 122 Å². The van der Waals surface area contributed by atoms with Crippen LogP contribution in [0.2, 0.25) is 0 Å². The van der Waals surface area contributed by atoms with Crippen LogP contribution in [0.1, 0.15) is 27.0 Å². The highest BCUT2D eigenvalue weighted by atomic mass is 16.6. The molecule has 2 aromatic rings. The van der Waals surface area contributed by atoms with E-state index in [1.54, 1.807) is 25.1 Å². The largest absolute Gasteiger partial charge is 0.289 e. The second kappa shape index (κ2) is 6.13. The van der Waals surface area contributed by atoms with Gasteiger partial charge in [-0.3, -0.25) is 14.9 Å². The minimum atomic E-state index is -0.476. The number of allylic oxidation sites excluding steroid dienone is 1. The van der Waals surface area contributed by atoms with Crippen molar-refractivity contribution >= 4 is 17.5 Å². The van der Waals surface area contributed by atoms with E-state index in [2.05, 4.69) is 0 Å². The summed E-state index contributed by atoms with van der Waals surface area (Å²) in [6, 6.07) is 12.3. The van der Waals surface area contributed by atoms with Gasteiger partial charge >= 0.3 is 0 Å². The summed E-state index contributed by atoms with van der Waals surface area (Å²) in [5, 5.41) is 10.9. The number of benzene rings is 2. The highest BCUT2D eigenvalue weighted by Crippen LogP contribution is 2.20. The van der Waals surface area contributed by atoms with E-state index in [1.807, 2.05) is 31.2 Å². The Bertz CT molecular complexity index is 715. The molecule has 0 unspecified atom stereocenters. The molecule has 0 aliphatic carbocycles. The maximum atomic E-state index is 12.1. The lowest BCUT2D eigenvalue weighted by Gasteiger charge is -2.00. The van der Waals surface area contributed by atoms with Gasteiger partial charge in [0.05, 0.1) is 4.92 Å². The lowest BCUT2D eigenvalue weighted by atomic mass is 10.1. The quantitative estimate of drug-likeness (QED) is 0.367. The van der Waals surface area contributed by atoms with Crippen molar-refractivity contribution in [3.8, 4) is 0 Å². The number of aryl methyl sites for hydroxylation is 2. The van der Waals surface area contributed by atoms with Crippen molar-refractivity contribution in [1.82, 2.24) is 0 Å². The van der Waals surface area contributed by atoms with Crippen molar-refractivity contribution in [2.24, 2.45) is 0 Å². The molecule has 0 aliphatic heterocycles. The summed E-state index contributed by atoms with van der Waals surface area (Å²) in [5.41, 5.74) is 2.88. The third-order valence-electron chi connectivity index (χ3n) is 3.19. The fourth-order valence-corrected chi connectivity index (χ4v) is 1.91. The molecule has 0 radical (unpaired) electrons. The van der Waals surface area contributed by atoms with Gasteiger partial charge in [0.1, 0.15) is 0 Å². The average molecular weight is 281 g/mol. The van der Waals surface area contributed by atoms with Crippen LogP contribution in [0.5, 0.6) is 0 Å². The number of rotatable bonds is 4. The molecule has 0 spiro atoms. The predicted molar refractivity (Wildman–Crippen MR) is 82.4 cm³/mol. The van der Waals surface area contributed by atoms with E-state index in [-0.39, 0.29) is 11.5 Å². The smallest absolute Gasteiger partial charge is 0.273 e. The number of ketones is 1. The monoisotopic (exact) mass is 281 g/mol. The van der Waals surface area contributed by atoms with Gasteiger partial charge in [0.25, 0.3) is 5.69 Å². The van der Waals surface area contributed by atoms with Gasteiger partial charge in [-0.2, -0.15) is 0 Å². The van der Waals surface area contributed by atoms with Gasteiger partial charge < -0.3 is 0 Å². The second-order valence-corrected chi connectivity index (χ2v) is 4.87. The molecule has 4 heteroatoms. The molecule has 0 saturated heterocycles. The van der Waals surface area contributed by atoms with E-state index >= 15 is 0 Å². The zero-order valence-electron chi connectivity index (χ0n) is 11.9. The van der Waals surface area contributed by atoms with E-state index in [0.717, 1.165) is 11.1 Å². The first-order valence-electron chi connectivity index (χ1n) is 6.51. The number of hydrogen-bond acceptors (Lipinski definition) is 3. The minimum absolute atomic E-state index is 0.0374. The van der Waals surface area contributed by atoms with Crippen molar-refractivity contribution in [3.63, 3.8) is 0 Å². The van der Waals surface area contributed by atoms with Crippen molar-refractivity contribution < 1.29 is 9.72 Å². The van der Waals surface area contributed by atoms with Gasteiger partial charge in [-0.25, -0.2) is 0 Å². The molecule has 4 nitrogen and oxygen atoms in total. The molecule has 0 heterocycles. The molecule has 0 amide bonds. The van der Waals surface area contributed by atoms with Gasteiger partial charge in [0, 0.05) is 17.2 Å². The molecule has 0 atom stereocenters. The highest BCUT2D eigenvalue weighted by molar-refractivity contribution is 6.07. The van der Waals surface area contributed by atoms with E-state index < -0.39 is 4.92 Å². The fraction of sp³-hybridized carbons (Fsp3) is 0.118. The van der Waals surface area contributed by atoms with Crippen LogP contribution in [0.4, 0.5) is 5.69 Å². The van der Waals surface area contributed by atoms with Crippen molar-refractivity contribution in [1.29, 1.82) is 0 Å². The average Bonchev–Trinajstić information content (AvgIpc) is 2.46. The van der Waals surface area contributed by atoms with Crippen LogP contribution in [0.3, 0.4) is 0 Å². The van der Waals surface area contributed by atoms with Gasteiger partial charge in [-0.05, 0) is 25.5 Å². The van der Waals surface area contributed by atoms with Crippen molar-refractivity contribution in [2.45, 2.75) is 13.8 Å². The SMILES string of the molecule is Cc1ccc(/C=C/C(=O)c2ccc(C)c([N+](=O)[O-])c2)cc1. The van der Waals surface area contributed by atoms with E-state index in [9.17, 15) is 14.9 Å². The number of carbonyl (C=O) groups is 1. The molecule has 2 aromatic carbocycles. The summed E-state index contributed by atoms with van der Waals surface area (Å²) < 4.78 is 0. The number of nitro groups is 1. The summed E-state index contributed by atoms with van der Waals surface area (Å²) in [4.78, 5) is 22.5. The molecular weight excluding hydrogens is 266 g/mol. The zero-order chi connectivity index (χ0) is 15.4. The maximum absolute atomic E-state index is 12.1. The third kappa shape index (κ3) is 3.63. The highest BCUT2D eigenvalue weighted by Gasteiger charge is 2.13. The van der Waals surface area contributed by atoms with E-state index in [4.69, 9.17) is 0 Å². The molecule has 0 saturated carbocycles. The molecule has 106 valence electrons. The summed E-state index contributed by atoms with van der Waals surface area (Å²) >= 11 is 0. The normalized spacial score (nSPS) is 10.8. The van der Waals surface area contributed by atoms with Gasteiger partial charge in [-0.15, -0.1) is 0 Å². The Hall–Kier alpha value is -2.75. The van der Waals surface area contributed by atoms with Crippen molar-refractivity contribution in [2.75, 3.05) is 0 Å². The lowest BCUT2D eigenvalue weighted by Crippen LogP contribution is -1.98. The predicted octanol–water partition coefficient (Wildman–Crippen LogP) is 4.11. The summed E-state index contributed by atoms with van der Waals surface area (Å²) in [6.07, 6.45) is 3.13. The number of nitro benzene ring substituents is 1. The van der Waals surface area contributed by atoms with Gasteiger partial charge in [0.15, 0.2) is 5.78 Å². The van der Waals surface area contributed by atoms with Crippen LogP contribution < -0.4 is 0 Å². The Morgan fingerprint density at radius 1 is 1.10 bits per heavy atom. The van der Waals surface area contributed by atoms with Crippen LogP contribution >= 0.6 is 0 Å². The van der Waals surface area contributed by atoms with Crippen LogP contribution in [-0.4, -0.2) is 10.7 Å². The third-order valence-corrected chi connectivity index (χ3v) is 3.19. The van der Waals surface area contributed by atoms with Crippen LogP contribution in [0, 0.1) is 24.0 Å². The molecular formula is C17H15NO3. The first-order chi connectivity index (χ1) is 9.97. The topological polar surface area (TPSA) is 60.2 Å². The first-order valence-corrected chi connectivity index (χ1v) is 6.51. The Morgan fingerprint density at radius 3 is 2.38 bits per heavy atom. The summed E-state index contributed by atoms with van der Waals surface area (Å²) in [5.74, 6) is -0.251. The standard InChI is InChI=1S/C17H15NO3/c1-12-3-6-14(7-4-12)8-10-17(19)15-9-5-13(2)16(11-15)18(20)21/h3-11H,1-2H3/b10-8+. The molecule has 2 rings (SSSR count). The number of hydrogen-bond donors (Lipinski definition) is 0. The Balaban J connectivity index is 2.22. The van der Waals surface area contributed by atoms with Gasteiger partial charge in [-0.1, -0.05) is 48.0 Å². The molecule has 0 N–H and O–H groups in total. The maximum Gasteiger partial charge on any atom is 0.273 e. The van der Waals surface area contributed by atoms with Crippen LogP contribution in [0.25, 0.3) is 6.08 Å². The first kappa shape index (κ1) is 14.7. The Morgan fingerprint density at radius 2 is 1.76 bits per heavy atom. The summed E-state index contributed by atoms with van der Waals surface area (Å²) in [7, 11) is 0. The number of carbonyl (C=O) groups excluding carboxylic acids is 1. The second-order valence-electron chi connectivity index (χ2n) is 4.87. The van der Waals surface area contributed by atoms with Gasteiger partial charge in [0.2, 0.25) is 0 Å².